The number of rotatable bonds is 5. The van der Waals surface area contributed by atoms with Gasteiger partial charge in [-0.1, -0.05) is 49.6 Å². The molecular weight excluding hydrogens is 348 g/mol. The van der Waals surface area contributed by atoms with Crippen LogP contribution >= 0.6 is 0 Å². The van der Waals surface area contributed by atoms with Gasteiger partial charge in [-0.15, -0.1) is 0 Å². The highest BCUT2D eigenvalue weighted by Crippen LogP contribution is 2.27. The topological polar surface area (TPSA) is 89.3 Å². The molecule has 26 heavy (non-hydrogen) atoms. The lowest BCUT2D eigenvalue weighted by atomic mass is 9.82. The van der Waals surface area contributed by atoms with Crippen LogP contribution in [0.2, 0.25) is 0 Å². The molecule has 0 bridgehead atoms. The van der Waals surface area contributed by atoms with Crippen LogP contribution in [0.1, 0.15) is 37.7 Å². The molecule has 6 heteroatoms. The first kappa shape index (κ1) is 18.6. The van der Waals surface area contributed by atoms with E-state index >= 15 is 0 Å². The van der Waals surface area contributed by atoms with Crippen molar-refractivity contribution in [2.45, 2.75) is 48.3 Å². The molecule has 0 aromatic heterocycles. The van der Waals surface area contributed by atoms with E-state index < -0.39 is 15.4 Å². The van der Waals surface area contributed by atoms with Crippen molar-refractivity contribution in [1.29, 1.82) is 0 Å². The van der Waals surface area contributed by atoms with Gasteiger partial charge in [-0.3, -0.25) is 4.79 Å². The van der Waals surface area contributed by atoms with Gasteiger partial charge in [0, 0.05) is 5.69 Å². The number of sulfone groups is 1. The quantitative estimate of drug-likeness (QED) is 0.843. The summed E-state index contributed by atoms with van der Waals surface area (Å²) in [7, 11) is -3.43. The fourth-order valence-corrected chi connectivity index (χ4v) is 4.69. The summed E-state index contributed by atoms with van der Waals surface area (Å²) in [5, 5.41) is 2.86. The third kappa shape index (κ3) is 4.31. The Morgan fingerprint density at radius 1 is 1.00 bits per heavy atom. The molecule has 0 heterocycles. The molecule has 0 saturated heterocycles. The second-order valence-corrected chi connectivity index (χ2v) is 8.93. The van der Waals surface area contributed by atoms with Crippen LogP contribution in [-0.2, 0) is 20.4 Å². The minimum absolute atomic E-state index is 0.117. The molecule has 3 rings (SSSR count). The van der Waals surface area contributed by atoms with Gasteiger partial charge in [0.05, 0.1) is 16.2 Å². The molecule has 1 aliphatic carbocycles. The predicted octanol–water partition coefficient (Wildman–Crippen LogP) is 3.26. The maximum Gasteiger partial charge on any atom is 0.244 e. The number of nitrogens with one attached hydrogen (secondary N) is 1. The molecule has 2 aromatic carbocycles. The molecule has 0 unspecified atom stereocenters. The Morgan fingerprint density at radius 3 is 2.38 bits per heavy atom. The van der Waals surface area contributed by atoms with Gasteiger partial charge >= 0.3 is 0 Å². The van der Waals surface area contributed by atoms with Crippen LogP contribution in [0.4, 0.5) is 5.69 Å². The Morgan fingerprint density at radius 2 is 1.69 bits per heavy atom. The van der Waals surface area contributed by atoms with Crippen LogP contribution in [0.3, 0.4) is 0 Å². The molecule has 0 spiro atoms. The summed E-state index contributed by atoms with van der Waals surface area (Å²) in [4.78, 5) is 12.8. The summed E-state index contributed by atoms with van der Waals surface area (Å²) in [6.07, 6.45) is 4.39. The standard InChI is InChI=1S/C20H24N2O3S/c21-20(12-5-2-6-13-20)19(23)22-17-9-7-8-16(14-17)15-26(24,25)18-10-3-1-4-11-18/h1,3-4,7-11,14H,2,5-6,12-13,15,21H2,(H,22,23). The second kappa shape index (κ2) is 7.60. The first-order valence-electron chi connectivity index (χ1n) is 8.86. The van der Waals surface area contributed by atoms with E-state index in [-0.39, 0.29) is 16.6 Å². The van der Waals surface area contributed by atoms with Crippen molar-refractivity contribution in [3.8, 4) is 0 Å². The van der Waals surface area contributed by atoms with Crippen molar-refractivity contribution < 1.29 is 13.2 Å². The number of carbonyl (C=O) groups excluding carboxylic acids is 1. The number of nitrogens with two attached hydrogens (primary N) is 1. The number of carbonyl (C=O) groups is 1. The predicted molar refractivity (Wildman–Crippen MR) is 102 cm³/mol. The summed E-state index contributed by atoms with van der Waals surface area (Å²) in [5.41, 5.74) is 6.63. The fraction of sp³-hybridized carbons (Fsp3) is 0.350. The van der Waals surface area contributed by atoms with E-state index in [9.17, 15) is 13.2 Å². The average molecular weight is 372 g/mol. The summed E-state index contributed by atoms with van der Waals surface area (Å²) in [6, 6.07) is 15.3. The van der Waals surface area contributed by atoms with Crippen molar-refractivity contribution in [3.63, 3.8) is 0 Å². The molecule has 0 atom stereocenters. The van der Waals surface area contributed by atoms with E-state index in [1.165, 1.54) is 0 Å². The van der Waals surface area contributed by atoms with Crippen LogP contribution in [0.25, 0.3) is 0 Å². The Kier molecular flexibility index (Phi) is 5.44. The first-order valence-corrected chi connectivity index (χ1v) is 10.5. The molecule has 0 aliphatic heterocycles. The van der Waals surface area contributed by atoms with E-state index in [1.807, 2.05) is 0 Å². The van der Waals surface area contributed by atoms with Gasteiger partial charge in [0.1, 0.15) is 0 Å². The van der Waals surface area contributed by atoms with E-state index in [0.717, 1.165) is 19.3 Å². The Hall–Kier alpha value is -2.18. The summed E-state index contributed by atoms with van der Waals surface area (Å²) in [5.74, 6) is -0.311. The van der Waals surface area contributed by atoms with Gasteiger partial charge in [0.15, 0.2) is 9.84 Å². The molecule has 3 N–H and O–H groups in total. The SMILES string of the molecule is NC1(C(=O)Nc2cccc(CS(=O)(=O)c3ccccc3)c2)CCCCC1. The highest BCUT2D eigenvalue weighted by molar-refractivity contribution is 7.90. The first-order chi connectivity index (χ1) is 12.4. The maximum atomic E-state index is 12.6. The molecule has 1 fully saturated rings. The molecule has 2 aromatic rings. The average Bonchev–Trinajstić information content (AvgIpc) is 2.63. The van der Waals surface area contributed by atoms with Crippen LogP contribution in [0.15, 0.2) is 59.5 Å². The highest BCUT2D eigenvalue weighted by Gasteiger charge is 2.35. The van der Waals surface area contributed by atoms with Crippen molar-refractivity contribution in [2.24, 2.45) is 5.73 Å². The molecule has 5 nitrogen and oxygen atoms in total. The monoisotopic (exact) mass is 372 g/mol. The number of benzene rings is 2. The number of hydrogen-bond acceptors (Lipinski definition) is 4. The van der Waals surface area contributed by atoms with Crippen LogP contribution in [0, 0.1) is 0 Å². The van der Waals surface area contributed by atoms with E-state index in [1.54, 1.807) is 54.6 Å². The van der Waals surface area contributed by atoms with Crippen molar-refractivity contribution >= 4 is 21.4 Å². The molecule has 1 aliphatic rings. The smallest absolute Gasteiger partial charge is 0.244 e. The Labute approximate surface area is 154 Å². The normalized spacial score (nSPS) is 16.8. The Balaban J connectivity index is 1.73. The lowest BCUT2D eigenvalue weighted by Gasteiger charge is -2.31. The van der Waals surface area contributed by atoms with Gasteiger partial charge in [-0.05, 0) is 42.7 Å². The minimum atomic E-state index is -3.43. The van der Waals surface area contributed by atoms with E-state index in [0.29, 0.717) is 24.1 Å². The van der Waals surface area contributed by atoms with Crippen LogP contribution in [-0.4, -0.2) is 19.9 Å². The van der Waals surface area contributed by atoms with Gasteiger partial charge in [-0.2, -0.15) is 0 Å². The van der Waals surface area contributed by atoms with Crippen molar-refractivity contribution in [2.75, 3.05) is 5.32 Å². The van der Waals surface area contributed by atoms with Crippen molar-refractivity contribution in [1.82, 2.24) is 0 Å². The van der Waals surface area contributed by atoms with Gasteiger partial charge in [-0.25, -0.2) is 8.42 Å². The zero-order valence-corrected chi connectivity index (χ0v) is 15.5. The number of amides is 1. The third-order valence-electron chi connectivity index (χ3n) is 4.84. The van der Waals surface area contributed by atoms with Gasteiger partial charge < -0.3 is 11.1 Å². The number of anilines is 1. The second-order valence-electron chi connectivity index (χ2n) is 6.94. The highest BCUT2D eigenvalue weighted by atomic mass is 32.2. The fourth-order valence-electron chi connectivity index (χ4n) is 3.33. The van der Waals surface area contributed by atoms with Crippen LogP contribution in [0.5, 0.6) is 0 Å². The zero-order valence-electron chi connectivity index (χ0n) is 14.6. The zero-order chi connectivity index (χ0) is 18.6. The molecule has 1 amide bonds. The summed E-state index contributed by atoms with van der Waals surface area (Å²) in [6.45, 7) is 0. The van der Waals surface area contributed by atoms with E-state index in [4.69, 9.17) is 5.73 Å². The van der Waals surface area contributed by atoms with Crippen LogP contribution < -0.4 is 11.1 Å². The summed E-state index contributed by atoms with van der Waals surface area (Å²) < 4.78 is 25.1. The molecule has 138 valence electrons. The van der Waals surface area contributed by atoms with Gasteiger partial charge in [0.25, 0.3) is 0 Å². The lowest BCUT2D eigenvalue weighted by molar-refractivity contribution is -0.122. The molecule has 0 radical (unpaired) electrons. The largest absolute Gasteiger partial charge is 0.324 e. The number of hydrogen-bond donors (Lipinski definition) is 2. The lowest BCUT2D eigenvalue weighted by Crippen LogP contribution is -2.52. The van der Waals surface area contributed by atoms with Crippen molar-refractivity contribution in [3.05, 3.63) is 60.2 Å². The Bertz CT molecular complexity index is 873. The summed E-state index contributed by atoms with van der Waals surface area (Å²) >= 11 is 0. The third-order valence-corrected chi connectivity index (χ3v) is 6.55. The maximum absolute atomic E-state index is 12.6. The van der Waals surface area contributed by atoms with E-state index in [2.05, 4.69) is 5.32 Å². The molecular formula is C20H24N2O3S. The minimum Gasteiger partial charge on any atom is -0.324 e. The van der Waals surface area contributed by atoms with Gasteiger partial charge in [0.2, 0.25) is 5.91 Å². The molecule has 1 saturated carbocycles.